The number of aromatic nitrogens is 1. The standard InChI is InChI=1S/C15H15F2N2O/c16-13-2-1-3-14(17)12(13)9-20-15-8-11(10-4-5-10)6-7-19(15)18/h1-3,6-8,10H,4-5,9,18H2/q+1. The van der Waals surface area contributed by atoms with E-state index in [4.69, 9.17) is 10.6 Å². The van der Waals surface area contributed by atoms with Gasteiger partial charge in [-0.1, -0.05) is 10.7 Å². The molecule has 0 unspecified atom stereocenters. The maximum atomic E-state index is 13.5. The molecule has 1 heterocycles. The molecular formula is C15H15F2N2O+. The van der Waals surface area contributed by atoms with Gasteiger partial charge >= 0.3 is 5.88 Å². The van der Waals surface area contributed by atoms with E-state index in [9.17, 15) is 8.78 Å². The number of hydrogen-bond acceptors (Lipinski definition) is 2. The van der Waals surface area contributed by atoms with E-state index >= 15 is 0 Å². The van der Waals surface area contributed by atoms with E-state index in [1.54, 1.807) is 6.20 Å². The van der Waals surface area contributed by atoms with Crippen molar-refractivity contribution >= 4 is 0 Å². The van der Waals surface area contributed by atoms with Crippen molar-refractivity contribution in [1.29, 1.82) is 0 Å². The Hall–Kier alpha value is -2.17. The first-order valence-corrected chi connectivity index (χ1v) is 6.51. The number of benzene rings is 1. The zero-order valence-electron chi connectivity index (χ0n) is 10.9. The third-order valence-corrected chi connectivity index (χ3v) is 3.45. The summed E-state index contributed by atoms with van der Waals surface area (Å²) in [5.41, 5.74) is 1.06. The Bertz CT molecular complexity index is 622. The molecule has 0 radical (unpaired) electrons. The number of nitrogens with two attached hydrogens (primary N) is 1. The molecule has 0 amide bonds. The van der Waals surface area contributed by atoms with Gasteiger partial charge in [-0.2, -0.15) is 0 Å². The van der Waals surface area contributed by atoms with Crippen LogP contribution in [0.15, 0.2) is 36.5 Å². The van der Waals surface area contributed by atoms with Crippen LogP contribution in [0.25, 0.3) is 0 Å². The highest BCUT2D eigenvalue weighted by Crippen LogP contribution is 2.40. The Morgan fingerprint density at radius 1 is 1.20 bits per heavy atom. The zero-order valence-corrected chi connectivity index (χ0v) is 10.9. The van der Waals surface area contributed by atoms with Gasteiger partial charge in [0.2, 0.25) is 6.20 Å². The van der Waals surface area contributed by atoms with Gasteiger partial charge in [-0.3, -0.25) is 0 Å². The highest BCUT2D eigenvalue weighted by Gasteiger charge is 2.26. The maximum absolute atomic E-state index is 13.5. The van der Waals surface area contributed by atoms with Gasteiger partial charge < -0.3 is 4.74 Å². The van der Waals surface area contributed by atoms with Gasteiger partial charge in [0.15, 0.2) is 0 Å². The van der Waals surface area contributed by atoms with Gasteiger partial charge in [0.05, 0.1) is 11.6 Å². The second-order valence-electron chi connectivity index (χ2n) is 4.97. The summed E-state index contributed by atoms with van der Waals surface area (Å²) >= 11 is 0. The number of nitrogen functional groups attached to an aromatic ring is 1. The molecule has 0 spiro atoms. The molecule has 104 valence electrons. The molecule has 20 heavy (non-hydrogen) atoms. The van der Waals surface area contributed by atoms with Gasteiger partial charge in [0, 0.05) is 6.07 Å². The molecule has 5 heteroatoms. The lowest BCUT2D eigenvalue weighted by atomic mass is 10.2. The fraction of sp³-hybridized carbons (Fsp3) is 0.267. The van der Waals surface area contributed by atoms with Crippen LogP contribution in [-0.2, 0) is 6.61 Å². The Kier molecular flexibility index (Phi) is 3.26. The number of hydrogen-bond donors (Lipinski definition) is 1. The van der Waals surface area contributed by atoms with Gasteiger partial charge in [0.1, 0.15) is 18.2 Å². The van der Waals surface area contributed by atoms with E-state index < -0.39 is 11.6 Å². The van der Waals surface area contributed by atoms with Gasteiger partial charge in [-0.25, -0.2) is 14.6 Å². The quantitative estimate of drug-likeness (QED) is 0.688. The first-order chi connectivity index (χ1) is 9.65. The van der Waals surface area contributed by atoms with Crippen LogP contribution in [0.2, 0.25) is 0 Å². The SMILES string of the molecule is N[n+]1ccc(C2CC2)cc1OCc1c(F)cccc1F. The second kappa shape index (κ2) is 5.07. The van der Waals surface area contributed by atoms with Crippen molar-refractivity contribution in [2.24, 2.45) is 0 Å². The summed E-state index contributed by atoms with van der Waals surface area (Å²) in [5, 5.41) is 0. The third-order valence-electron chi connectivity index (χ3n) is 3.45. The van der Waals surface area contributed by atoms with Crippen LogP contribution in [0, 0.1) is 11.6 Å². The van der Waals surface area contributed by atoms with Crippen LogP contribution in [0.4, 0.5) is 8.78 Å². The fourth-order valence-electron chi connectivity index (χ4n) is 2.11. The third kappa shape index (κ3) is 2.57. The number of ether oxygens (including phenoxy) is 1. The predicted molar refractivity (Wildman–Crippen MR) is 69.5 cm³/mol. The summed E-state index contributed by atoms with van der Waals surface area (Å²) in [6, 6.07) is 7.51. The molecule has 1 aliphatic rings. The topological polar surface area (TPSA) is 39.1 Å². The van der Waals surface area contributed by atoms with Crippen molar-refractivity contribution in [3.05, 3.63) is 59.3 Å². The van der Waals surface area contributed by atoms with E-state index in [2.05, 4.69) is 0 Å². The van der Waals surface area contributed by atoms with Gasteiger partial charge in [-0.15, -0.1) is 0 Å². The van der Waals surface area contributed by atoms with E-state index in [0.717, 1.165) is 18.4 Å². The number of pyridine rings is 1. The van der Waals surface area contributed by atoms with E-state index in [0.29, 0.717) is 11.8 Å². The smallest absolute Gasteiger partial charge is 0.397 e. The van der Waals surface area contributed by atoms with E-state index in [1.807, 2.05) is 12.1 Å². The summed E-state index contributed by atoms with van der Waals surface area (Å²) in [4.78, 5) is 0. The lowest BCUT2D eigenvalue weighted by Gasteiger charge is -2.06. The van der Waals surface area contributed by atoms with Crippen molar-refractivity contribution in [2.45, 2.75) is 25.4 Å². The lowest BCUT2D eigenvalue weighted by molar-refractivity contribution is -0.645. The Balaban J connectivity index is 1.79. The molecule has 1 aromatic carbocycles. The monoisotopic (exact) mass is 277 g/mol. The molecule has 0 saturated heterocycles. The first kappa shape index (κ1) is 12.8. The summed E-state index contributed by atoms with van der Waals surface area (Å²) in [6.45, 7) is -0.191. The van der Waals surface area contributed by atoms with E-state index in [1.165, 1.54) is 22.9 Å². The van der Waals surface area contributed by atoms with Crippen molar-refractivity contribution < 1.29 is 18.2 Å². The molecular weight excluding hydrogens is 262 g/mol. The van der Waals surface area contributed by atoms with Crippen molar-refractivity contribution in [1.82, 2.24) is 0 Å². The normalized spacial score (nSPS) is 14.3. The van der Waals surface area contributed by atoms with Crippen molar-refractivity contribution in [3.8, 4) is 5.88 Å². The van der Waals surface area contributed by atoms with Crippen LogP contribution in [0.1, 0.15) is 29.9 Å². The maximum Gasteiger partial charge on any atom is 0.397 e. The number of halogens is 2. The first-order valence-electron chi connectivity index (χ1n) is 6.51. The molecule has 1 aromatic heterocycles. The average molecular weight is 277 g/mol. The number of rotatable bonds is 4. The molecule has 0 atom stereocenters. The Labute approximate surface area is 115 Å². The highest BCUT2D eigenvalue weighted by molar-refractivity contribution is 5.25. The summed E-state index contributed by atoms with van der Waals surface area (Å²) < 4.78 is 33.8. The lowest BCUT2D eigenvalue weighted by Crippen LogP contribution is -2.45. The second-order valence-corrected chi connectivity index (χ2v) is 4.97. The zero-order chi connectivity index (χ0) is 14.1. The van der Waals surface area contributed by atoms with E-state index in [-0.39, 0.29) is 12.2 Å². The largest absolute Gasteiger partial charge is 0.437 e. The molecule has 0 aliphatic heterocycles. The molecule has 1 fully saturated rings. The molecule has 0 bridgehead atoms. The minimum Gasteiger partial charge on any atom is -0.437 e. The summed E-state index contributed by atoms with van der Waals surface area (Å²) in [6.07, 6.45) is 4.02. The molecule has 1 saturated carbocycles. The molecule has 3 nitrogen and oxygen atoms in total. The van der Waals surface area contributed by atoms with Crippen LogP contribution in [0.5, 0.6) is 5.88 Å². The fourth-order valence-corrected chi connectivity index (χ4v) is 2.11. The molecule has 3 rings (SSSR count). The summed E-state index contributed by atoms with van der Waals surface area (Å²) in [5.74, 6) is 5.48. The van der Waals surface area contributed by atoms with Crippen LogP contribution in [-0.4, -0.2) is 0 Å². The minimum atomic E-state index is -0.619. The molecule has 2 aromatic rings. The highest BCUT2D eigenvalue weighted by atomic mass is 19.1. The van der Waals surface area contributed by atoms with Crippen LogP contribution in [0.3, 0.4) is 0 Å². The van der Waals surface area contributed by atoms with Crippen LogP contribution < -0.4 is 15.3 Å². The average Bonchev–Trinajstić information content (AvgIpc) is 3.24. The van der Waals surface area contributed by atoms with Crippen molar-refractivity contribution in [2.75, 3.05) is 5.84 Å². The predicted octanol–water partition coefficient (Wildman–Crippen LogP) is 2.42. The van der Waals surface area contributed by atoms with Crippen LogP contribution >= 0.6 is 0 Å². The minimum absolute atomic E-state index is 0.0932. The number of nitrogens with zero attached hydrogens (tertiary/aromatic N) is 1. The van der Waals surface area contributed by atoms with Gasteiger partial charge in [0.25, 0.3) is 0 Å². The van der Waals surface area contributed by atoms with Gasteiger partial charge in [-0.05, 0) is 36.5 Å². The Morgan fingerprint density at radius 2 is 1.90 bits per heavy atom. The molecule has 1 aliphatic carbocycles. The summed E-state index contributed by atoms with van der Waals surface area (Å²) in [7, 11) is 0. The van der Waals surface area contributed by atoms with Crippen molar-refractivity contribution in [3.63, 3.8) is 0 Å². The molecule has 2 N–H and O–H groups in total. The Morgan fingerprint density at radius 3 is 2.55 bits per heavy atom.